The van der Waals surface area contributed by atoms with E-state index in [1.54, 1.807) is 12.1 Å². The van der Waals surface area contributed by atoms with Gasteiger partial charge < -0.3 is 10.4 Å². The lowest BCUT2D eigenvalue weighted by Crippen LogP contribution is -2.38. The number of carbonyl (C=O) groups is 3. The summed E-state index contributed by atoms with van der Waals surface area (Å²) in [5, 5.41) is 11.7. The van der Waals surface area contributed by atoms with Crippen molar-refractivity contribution in [3.63, 3.8) is 0 Å². The van der Waals surface area contributed by atoms with Gasteiger partial charge in [-0.25, -0.2) is 9.69 Å². The van der Waals surface area contributed by atoms with Gasteiger partial charge in [0, 0.05) is 0 Å². The summed E-state index contributed by atoms with van der Waals surface area (Å²) in [4.78, 5) is 34.6. The number of carbonyl (C=O) groups excluding carboxylic acids is 2. The van der Waals surface area contributed by atoms with Crippen molar-refractivity contribution in [3.05, 3.63) is 29.3 Å². The van der Waals surface area contributed by atoms with Crippen LogP contribution in [0.1, 0.15) is 11.1 Å². The van der Waals surface area contributed by atoms with Crippen molar-refractivity contribution >= 4 is 23.5 Å². The molecule has 6 nitrogen and oxygen atoms in total. The Bertz CT molecular complexity index is 554. The zero-order valence-electron chi connectivity index (χ0n) is 10.5. The Hall–Kier alpha value is -2.21. The summed E-state index contributed by atoms with van der Waals surface area (Å²) in [6.45, 7) is 0.810. The summed E-state index contributed by atoms with van der Waals surface area (Å²) in [5.74, 6) is -3.32. The number of nitrogens with zero attached hydrogens (tertiary/aromatic N) is 1. The first-order chi connectivity index (χ1) is 9.04. The smallest absolute Gasteiger partial charge is 0.395 e. The van der Waals surface area contributed by atoms with Gasteiger partial charge in [0.05, 0.1) is 12.1 Å². The van der Waals surface area contributed by atoms with Crippen molar-refractivity contribution in [2.75, 3.05) is 18.5 Å². The topological polar surface area (TPSA) is 86.7 Å². The fourth-order valence-electron chi connectivity index (χ4n) is 2.12. The third-order valence-electron chi connectivity index (χ3n) is 3.03. The molecular weight excluding hydrogens is 248 g/mol. The molecule has 2 rings (SSSR count). The molecule has 6 heteroatoms. The molecule has 2 N–H and O–H groups in total. The number of rotatable bonds is 3. The molecule has 0 aliphatic carbocycles. The second kappa shape index (κ2) is 5.19. The molecule has 2 amide bonds. The maximum Gasteiger partial charge on any atom is 0.395 e. The third kappa shape index (κ3) is 2.48. The van der Waals surface area contributed by atoms with Crippen LogP contribution in [0.25, 0.3) is 0 Å². The fourth-order valence-corrected chi connectivity index (χ4v) is 2.12. The number of nitrogens with one attached hydrogen (secondary N) is 1. The lowest BCUT2D eigenvalue weighted by atomic mass is 10.1. The number of aliphatic carboxylic acids is 1. The van der Waals surface area contributed by atoms with E-state index in [1.165, 1.54) is 0 Å². The van der Waals surface area contributed by atoms with Gasteiger partial charge in [-0.1, -0.05) is 12.1 Å². The number of hydrogen-bond acceptors (Lipinski definition) is 4. The Morgan fingerprint density at radius 2 is 2.16 bits per heavy atom. The quantitative estimate of drug-likeness (QED) is 0.746. The van der Waals surface area contributed by atoms with E-state index in [4.69, 9.17) is 5.11 Å². The predicted molar refractivity (Wildman–Crippen MR) is 67.9 cm³/mol. The van der Waals surface area contributed by atoms with E-state index >= 15 is 0 Å². The monoisotopic (exact) mass is 262 g/mol. The standard InChI is InChI=1S/C13H14N2O4/c1-14-5-4-8-2-3-10-9(6-8)7-11(16)15(10)12(17)13(18)19/h2-3,6,14H,4-5,7H2,1H3,(H,18,19). The van der Waals surface area contributed by atoms with Crippen LogP contribution in [0.4, 0.5) is 5.69 Å². The summed E-state index contributed by atoms with van der Waals surface area (Å²) in [6, 6.07) is 5.28. The lowest BCUT2D eigenvalue weighted by molar-refractivity contribution is -0.149. The average molecular weight is 262 g/mol. The number of fused-ring (bicyclic) bond motifs is 1. The Morgan fingerprint density at radius 3 is 2.79 bits per heavy atom. The molecule has 0 unspecified atom stereocenters. The summed E-state index contributed by atoms with van der Waals surface area (Å²) < 4.78 is 0. The van der Waals surface area contributed by atoms with Gasteiger partial charge in [-0.3, -0.25) is 9.59 Å². The maximum absolute atomic E-state index is 11.7. The van der Waals surface area contributed by atoms with Crippen molar-refractivity contribution in [1.82, 2.24) is 5.32 Å². The minimum absolute atomic E-state index is 0.0712. The summed E-state index contributed by atoms with van der Waals surface area (Å²) in [6.07, 6.45) is 0.882. The number of carboxylic acids is 1. The van der Waals surface area contributed by atoms with Crippen LogP contribution in [0.3, 0.4) is 0 Å². The van der Waals surface area contributed by atoms with Crippen molar-refractivity contribution in [2.24, 2.45) is 0 Å². The van der Waals surface area contributed by atoms with E-state index in [0.717, 1.165) is 23.4 Å². The Kier molecular flexibility index (Phi) is 3.62. The van der Waals surface area contributed by atoms with E-state index in [1.807, 2.05) is 13.1 Å². The van der Waals surface area contributed by atoms with Crippen molar-refractivity contribution < 1.29 is 19.5 Å². The highest BCUT2D eigenvalue weighted by molar-refractivity contribution is 6.43. The van der Waals surface area contributed by atoms with Crippen LogP contribution in [0.2, 0.25) is 0 Å². The number of hydrogen-bond donors (Lipinski definition) is 2. The van der Waals surface area contributed by atoms with E-state index in [-0.39, 0.29) is 6.42 Å². The number of amides is 2. The first kappa shape index (κ1) is 13.2. The minimum atomic E-state index is -1.62. The van der Waals surface area contributed by atoms with Crippen LogP contribution < -0.4 is 10.2 Å². The van der Waals surface area contributed by atoms with Gasteiger partial charge in [0.2, 0.25) is 5.91 Å². The number of likely N-dealkylation sites (N-methyl/N-ethyl adjacent to an activating group) is 1. The first-order valence-electron chi connectivity index (χ1n) is 5.91. The molecule has 0 atom stereocenters. The molecule has 100 valence electrons. The number of imide groups is 1. The molecule has 0 radical (unpaired) electrons. The van der Waals surface area contributed by atoms with E-state index in [0.29, 0.717) is 11.3 Å². The molecule has 0 saturated carbocycles. The Balaban J connectivity index is 2.30. The highest BCUT2D eigenvalue weighted by Crippen LogP contribution is 2.30. The van der Waals surface area contributed by atoms with Crippen LogP contribution in [-0.2, 0) is 27.2 Å². The summed E-state index contributed by atoms with van der Waals surface area (Å²) in [5.41, 5.74) is 2.13. The molecule has 1 aliphatic heterocycles. The second-order valence-corrected chi connectivity index (χ2v) is 4.33. The van der Waals surface area contributed by atoms with Crippen LogP contribution in [0.5, 0.6) is 0 Å². The molecule has 19 heavy (non-hydrogen) atoms. The molecule has 0 bridgehead atoms. The van der Waals surface area contributed by atoms with Crippen LogP contribution >= 0.6 is 0 Å². The number of carboxylic acid groups (broad SMARTS) is 1. The Morgan fingerprint density at radius 1 is 1.42 bits per heavy atom. The second-order valence-electron chi connectivity index (χ2n) is 4.33. The van der Waals surface area contributed by atoms with Gasteiger partial charge in [0.25, 0.3) is 0 Å². The van der Waals surface area contributed by atoms with Crippen molar-refractivity contribution in [3.8, 4) is 0 Å². The van der Waals surface area contributed by atoms with Gasteiger partial charge in [0.1, 0.15) is 0 Å². The van der Waals surface area contributed by atoms with Gasteiger partial charge in [-0.15, -0.1) is 0 Å². The summed E-state index contributed by atoms with van der Waals surface area (Å²) in [7, 11) is 1.85. The fraction of sp³-hybridized carbons (Fsp3) is 0.308. The van der Waals surface area contributed by atoms with Crippen LogP contribution in [0.15, 0.2) is 18.2 Å². The lowest BCUT2D eigenvalue weighted by Gasteiger charge is -2.12. The molecule has 1 aromatic rings. The molecule has 1 aliphatic rings. The number of anilines is 1. The van der Waals surface area contributed by atoms with Gasteiger partial charge >= 0.3 is 11.9 Å². The Labute approximate surface area is 110 Å². The molecule has 0 aromatic heterocycles. The van der Waals surface area contributed by atoms with Crippen molar-refractivity contribution in [2.45, 2.75) is 12.8 Å². The highest BCUT2D eigenvalue weighted by Gasteiger charge is 2.35. The van der Waals surface area contributed by atoms with Crippen LogP contribution in [-0.4, -0.2) is 36.5 Å². The zero-order valence-corrected chi connectivity index (χ0v) is 10.5. The minimum Gasteiger partial charge on any atom is -0.474 e. The SMILES string of the molecule is CNCCc1ccc2c(c1)CC(=O)N2C(=O)C(=O)O. The zero-order chi connectivity index (χ0) is 14.0. The van der Waals surface area contributed by atoms with Gasteiger partial charge in [-0.2, -0.15) is 0 Å². The molecular formula is C13H14N2O4. The summed E-state index contributed by atoms with van der Waals surface area (Å²) >= 11 is 0. The maximum atomic E-state index is 11.7. The molecule has 0 saturated heterocycles. The predicted octanol–water partition coefficient (Wildman–Crippen LogP) is -0.0512. The van der Waals surface area contributed by atoms with Crippen molar-refractivity contribution in [1.29, 1.82) is 0 Å². The average Bonchev–Trinajstić information content (AvgIpc) is 2.70. The normalized spacial score (nSPS) is 13.5. The van der Waals surface area contributed by atoms with Gasteiger partial charge in [0.15, 0.2) is 0 Å². The van der Waals surface area contributed by atoms with E-state index < -0.39 is 17.8 Å². The number of benzene rings is 1. The molecule has 0 fully saturated rings. The molecule has 1 aromatic carbocycles. The van der Waals surface area contributed by atoms with Crippen LogP contribution in [0, 0.1) is 0 Å². The molecule has 0 spiro atoms. The first-order valence-corrected chi connectivity index (χ1v) is 5.91. The largest absolute Gasteiger partial charge is 0.474 e. The van der Waals surface area contributed by atoms with Gasteiger partial charge in [-0.05, 0) is 37.2 Å². The van der Waals surface area contributed by atoms with E-state index in [9.17, 15) is 14.4 Å². The molecule has 1 heterocycles. The van der Waals surface area contributed by atoms with E-state index in [2.05, 4.69) is 5.32 Å². The highest BCUT2D eigenvalue weighted by atomic mass is 16.4. The third-order valence-corrected chi connectivity index (χ3v) is 3.03.